The minimum absolute atomic E-state index is 0.126. The van der Waals surface area contributed by atoms with Gasteiger partial charge in [-0.25, -0.2) is 4.79 Å². The van der Waals surface area contributed by atoms with Crippen molar-refractivity contribution in [3.05, 3.63) is 35.9 Å². The number of rotatable bonds is 11. The third kappa shape index (κ3) is 9.54. The first kappa shape index (κ1) is 28.7. The number of carbonyl (C=O) groups excluding carboxylic acids is 3. The molecule has 0 bridgehead atoms. The van der Waals surface area contributed by atoms with Crippen LogP contribution in [0, 0.1) is 11.3 Å². The second kappa shape index (κ2) is 13.5. The number of nitrogens with one attached hydrogen (secondary N) is 1. The fourth-order valence-corrected chi connectivity index (χ4v) is 4.30. The number of benzene rings is 1. The molecule has 0 unspecified atom stereocenters. The number of likely N-dealkylation sites (tertiary alicyclic amines) is 1. The highest BCUT2D eigenvalue weighted by Crippen LogP contribution is 2.37. The Morgan fingerprint density at radius 3 is 2.26 bits per heavy atom. The zero-order valence-electron chi connectivity index (χ0n) is 22.2. The normalized spacial score (nSPS) is 15.9. The maximum absolute atomic E-state index is 13.9. The Labute approximate surface area is 210 Å². The maximum Gasteiger partial charge on any atom is 0.407 e. The Morgan fingerprint density at radius 2 is 1.66 bits per heavy atom. The van der Waals surface area contributed by atoms with Crippen LogP contribution >= 0.6 is 0 Å². The zero-order chi connectivity index (χ0) is 25.9. The number of esters is 1. The number of hydrogen-bond acceptors (Lipinski definition) is 5. The molecule has 0 saturated carbocycles. The van der Waals surface area contributed by atoms with Gasteiger partial charge in [-0.3, -0.25) is 9.59 Å². The summed E-state index contributed by atoms with van der Waals surface area (Å²) in [7, 11) is 0. The van der Waals surface area contributed by atoms with E-state index in [1.807, 2.05) is 56.0 Å². The monoisotopic (exact) mass is 488 g/mol. The topological polar surface area (TPSA) is 84.9 Å². The number of carbonyl (C=O) groups is 3. The van der Waals surface area contributed by atoms with Gasteiger partial charge in [0.1, 0.15) is 17.6 Å². The van der Waals surface area contributed by atoms with Crippen LogP contribution in [0.5, 0.6) is 0 Å². The predicted octanol–water partition coefficient (Wildman–Crippen LogP) is 5.47. The molecule has 1 atom stereocenters. The lowest BCUT2D eigenvalue weighted by molar-refractivity contribution is -0.176. The van der Waals surface area contributed by atoms with Gasteiger partial charge in [-0.2, -0.15) is 0 Å². The summed E-state index contributed by atoms with van der Waals surface area (Å²) in [5.74, 6) is -0.233. The van der Waals surface area contributed by atoms with Gasteiger partial charge in [0.15, 0.2) is 0 Å². The minimum atomic E-state index is -1.25. The molecule has 2 rings (SSSR count). The highest BCUT2D eigenvalue weighted by molar-refractivity contribution is 6.02. The number of ether oxygens (including phenoxy) is 2. The molecule has 1 heterocycles. The zero-order valence-corrected chi connectivity index (χ0v) is 22.2. The predicted molar refractivity (Wildman–Crippen MR) is 137 cm³/mol. The average molecular weight is 489 g/mol. The van der Waals surface area contributed by atoms with Crippen LogP contribution in [0.25, 0.3) is 0 Å². The van der Waals surface area contributed by atoms with E-state index in [1.54, 1.807) is 0 Å². The Bertz CT molecular complexity index is 812. The van der Waals surface area contributed by atoms with E-state index in [9.17, 15) is 14.4 Å². The molecule has 1 fully saturated rings. The fourth-order valence-electron chi connectivity index (χ4n) is 4.30. The van der Waals surface area contributed by atoms with Gasteiger partial charge in [-0.1, -0.05) is 44.2 Å². The number of hydrogen-bond donors (Lipinski definition) is 1. The lowest BCUT2D eigenvalue weighted by Gasteiger charge is -2.39. The lowest BCUT2D eigenvalue weighted by atomic mass is 9.75. The van der Waals surface area contributed by atoms with Crippen LogP contribution < -0.4 is 5.32 Å². The molecule has 196 valence electrons. The van der Waals surface area contributed by atoms with Crippen LogP contribution in [0.1, 0.15) is 85.1 Å². The van der Waals surface area contributed by atoms with Gasteiger partial charge in [0.25, 0.3) is 0 Å². The Kier molecular flexibility index (Phi) is 11.1. The third-order valence-electron chi connectivity index (χ3n) is 6.25. The maximum atomic E-state index is 13.9. The van der Waals surface area contributed by atoms with Crippen LogP contribution in [0.3, 0.4) is 0 Å². The molecular weight excluding hydrogens is 444 g/mol. The Balaban J connectivity index is 2.08. The molecule has 2 amide bonds. The molecule has 35 heavy (non-hydrogen) atoms. The van der Waals surface area contributed by atoms with E-state index in [0.717, 1.165) is 31.2 Å². The van der Waals surface area contributed by atoms with Crippen molar-refractivity contribution in [3.8, 4) is 0 Å². The minimum Gasteiger partial charge on any atom is -0.459 e. The summed E-state index contributed by atoms with van der Waals surface area (Å²) in [6.07, 6.45) is 4.47. The van der Waals surface area contributed by atoms with Gasteiger partial charge in [0.05, 0.1) is 0 Å². The molecule has 7 heteroatoms. The standard InChI is InChI=1S/C28H44N2O5/c1-22(2)15-17-28(25(32)35-27(3,4)5,24(31)30-19-10-7-11-20-30)16-12-18-29-26(33)34-21-23-13-8-6-9-14-23/h6,8-9,13-14,22H,7,10-12,15-21H2,1-5H3,(H,29,33)/t28-/m1/s1. The van der Waals surface area contributed by atoms with Gasteiger partial charge in [0, 0.05) is 19.6 Å². The SMILES string of the molecule is CC(C)CC[C@@](CCCNC(=O)OCc1ccccc1)(C(=O)OC(C)(C)C)C(=O)N1CCCCC1. The summed E-state index contributed by atoms with van der Waals surface area (Å²) in [5.41, 5.74) is -1.03. The second-order valence-electron chi connectivity index (χ2n) is 11.0. The van der Waals surface area contributed by atoms with E-state index < -0.39 is 23.1 Å². The average Bonchev–Trinajstić information content (AvgIpc) is 2.82. The summed E-state index contributed by atoms with van der Waals surface area (Å²) < 4.78 is 11.1. The van der Waals surface area contributed by atoms with Crippen LogP contribution in [-0.4, -0.2) is 48.1 Å². The van der Waals surface area contributed by atoms with Crippen molar-refractivity contribution in [1.29, 1.82) is 0 Å². The van der Waals surface area contributed by atoms with Crippen molar-refractivity contribution >= 4 is 18.0 Å². The first-order valence-electron chi connectivity index (χ1n) is 13.0. The van der Waals surface area contributed by atoms with E-state index in [1.165, 1.54) is 0 Å². The fraction of sp³-hybridized carbons (Fsp3) is 0.679. The van der Waals surface area contributed by atoms with Gasteiger partial charge in [-0.15, -0.1) is 0 Å². The summed E-state index contributed by atoms with van der Waals surface area (Å²) in [5, 5.41) is 2.76. The van der Waals surface area contributed by atoms with E-state index in [-0.39, 0.29) is 12.5 Å². The van der Waals surface area contributed by atoms with Crippen molar-refractivity contribution in [1.82, 2.24) is 10.2 Å². The highest BCUT2D eigenvalue weighted by Gasteiger charge is 2.49. The van der Waals surface area contributed by atoms with Crippen LogP contribution in [-0.2, 0) is 25.7 Å². The largest absolute Gasteiger partial charge is 0.459 e. The van der Waals surface area contributed by atoms with Crippen molar-refractivity contribution in [2.45, 2.75) is 91.8 Å². The van der Waals surface area contributed by atoms with Crippen molar-refractivity contribution in [3.63, 3.8) is 0 Å². The quantitative estimate of drug-likeness (QED) is 0.254. The van der Waals surface area contributed by atoms with Gasteiger partial charge >= 0.3 is 12.1 Å². The first-order chi connectivity index (χ1) is 16.5. The molecule has 1 aromatic carbocycles. The first-order valence-corrected chi connectivity index (χ1v) is 13.0. The second-order valence-corrected chi connectivity index (χ2v) is 11.0. The molecule has 1 N–H and O–H groups in total. The smallest absolute Gasteiger partial charge is 0.407 e. The third-order valence-corrected chi connectivity index (χ3v) is 6.25. The highest BCUT2D eigenvalue weighted by atomic mass is 16.6. The summed E-state index contributed by atoms with van der Waals surface area (Å²) >= 11 is 0. The summed E-state index contributed by atoms with van der Waals surface area (Å²) in [6.45, 7) is 11.5. The molecule has 1 saturated heterocycles. The van der Waals surface area contributed by atoms with Crippen LogP contribution in [0.4, 0.5) is 4.79 Å². The molecule has 1 aromatic rings. The molecule has 1 aliphatic heterocycles. The number of nitrogens with zero attached hydrogens (tertiary/aromatic N) is 1. The lowest BCUT2D eigenvalue weighted by Crippen LogP contribution is -2.52. The molecule has 7 nitrogen and oxygen atoms in total. The molecule has 0 aromatic heterocycles. The molecule has 0 aliphatic carbocycles. The van der Waals surface area contributed by atoms with E-state index in [4.69, 9.17) is 9.47 Å². The summed E-state index contributed by atoms with van der Waals surface area (Å²) in [6, 6.07) is 9.48. The van der Waals surface area contributed by atoms with E-state index >= 15 is 0 Å². The van der Waals surface area contributed by atoms with Gasteiger partial charge in [0.2, 0.25) is 5.91 Å². The Morgan fingerprint density at radius 1 is 1.00 bits per heavy atom. The number of amides is 2. The van der Waals surface area contributed by atoms with Gasteiger partial charge < -0.3 is 19.7 Å². The van der Waals surface area contributed by atoms with Crippen LogP contribution in [0.15, 0.2) is 30.3 Å². The Hall–Kier alpha value is -2.57. The van der Waals surface area contributed by atoms with E-state index in [2.05, 4.69) is 19.2 Å². The molecule has 0 spiro atoms. The number of alkyl carbamates (subject to hydrolysis) is 1. The van der Waals surface area contributed by atoms with Crippen LogP contribution in [0.2, 0.25) is 0 Å². The van der Waals surface area contributed by atoms with Crippen molar-refractivity contribution in [2.24, 2.45) is 11.3 Å². The molecule has 1 aliphatic rings. The molecular formula is C28H44N2O5. The van der Waals surface area contributed by atoms with E-state index in [0.29, 0.717) is 44.8 Å². The number of piperidine rings is 1. The van der Waals surface area contributed by atoms with Crippen molar-refractivity contribution in [2.75, 3.05) is 19.6 Å². The summed E-state index contributed by atoms with van der Waals surface area (Å²) in [4.78, 5) is 41.4. The van der Waals surface area contributed by atoms with Gasteiger partial charge in [-0.05, 0) is 77.2 Å². The molecule has 0 radical (unpaired) electrons. The van der Waals surface area contributed by atoms with Crippen molar-refractivity contribution < 1.29 is 23.9 Å².